The highest BCUT2D eigenvalue weighted by Gasteiger charge is 2.19. The summed E-state index contributed by atoms with van der Waals surface area (Å²) in [6, 6.07) is 9.86. The van der Waals surface area contributed by atoms with Gasteiger partial charge in [0, 0.05) is 6.42 Å². The van der Waals surface area contributed by atoms with Crippen molar-refractivity contribution >= 4 is 22.4 Å². The molecule has 4 nitrogen and oxygen atoms in total. The average molecular weight is 317 g/mol. The second-order valence-electron chi connectivity index (χ2n) is 5.32. The molecule has 0 saturated heterocycles. The van der Waals surface area contributed by atoms with Gasteiger partial charge in [-0.1, -0.05) is 68.4 Å². The number of anilines is 1. The molecule has 1 aromatic heterocycles. The molecule has 0 unspecified atom stereocenters. The molecule has 0 radical (unpaired) electrons. The van der Waals surface area contributed by atoms with Gasteiger partial charge in [0.1, 0.15) is 5.01 Å². The third-order valence-electron chi connectivity index (χ3n) is 3.62. The minimum Gasteiger partial charge on any atom is -0.300 e. The number of amides is 1. The van der Waals surface area contributed by atoms with Gasteiger partial charge in [0.2, 0.25) is 11.0 Å². The first-order valence-electron chi connectivity index (χ1n) is 7.92. The van der Waals surface area contributed by atoms with Gasteiger partial charge in [0.15, 0.2) is 0 Å². The van der Waals surface area contributed by atoms with Crippen LogP contribution in [0, 0.1) is 0 Å². The Labute approximate surface area is 136 Å². The van der Waals surface area contributed by atoms with Gasteiger partial charge in [-0.05, 0) is 18.4 Å². The second kappa shape index (κ2) is 8.63. The molecule has 0 bridgehead atoms. The monoisotopic (exact) mass is 317 g/mol. The number of rotatable bonds is 8. The first kappa shape index (κ1) is 16.6. The zero-order valence-corrected chi connectivity index (χ0v) is 14.0. The second-order valence-corrected chi connectivity index (χ2v) is 6.38. The summed E-state index contributed by atoms with van der Waals surface area (Å²) in [5, 5.41) is 12.7. The van der Waals surface area contributed by atoms with E-state index in [1.807, 2.05) is 37.3 Å². The Bertz CT molecular complexity index is 583. The minimum atomic E-state index is -0.145. The number of benzene rings is 1. The normalized spacial score (nSPS) is 12.1. The van der Waals surface area contributed by atoms with E-state index < -0.39 is 0 Å². The van der Waals surface area contributed by atoms with Gasteiger partial charge in [-0.3, -0.25) is 10.1 Å². The van der Waals surface area contributed by atoms with E-state index in [2.05, 4.69) is 22.4 Å². The highest BCUT2D eigenvalue weighted by atomic mass is 32.1. The molecule has 0 saturated carbocycles. The molecule has 1 amide bonds. The number of nitrogens with one attached hydrogen (secondary N) is 1. The Morgan fingerprint density at radius 1 is 1.18 bits per heavy atom. The molecule has 118 valence electrons. The van der Waals surface area contributed by atoms with E-state index in [0.29, 0.717) is 5.13 Å². The molecule has 5 heteroatoms. The van der Waals surface area contributed by atoms with Crippen LogP contribution in [0.5, 0.6) is 0 Å². The van der Waals surface area contributed by atoms with Crippen molar-refractivity contribution in [1.29, 1.82) is 0 Å². The Balaban J connectivity index is 1.96. The average Bonchev–Trinajstić information content (AvgIpc) is 2.97. The zero-order chi connectivity index (χ0) is 15.8. The summed E-state index contributed by atoms with van der Waals surface area (Å²) in [7, 11) is 0. The van der Waals surface area contributed by atoms with Crippen LogP contribution in [0.1, 0.15) is 56.0 Å². The van der Waals surface area contributed by atoms with Crippen LogP contribution in [0.4, 0.5) is 5.13 Å². The van der Waals surface area contributed by atoms with Gasteiger partial charge in [-0.25, -0.2) is 0 Å². The summed E-state index contributed by atoms with van der Waals surface area (Å²) in [5.41, 5.74) is 1.04. The lowest BCUT2D eigenvalue weighted by Crippen LogP contribution is -2.20. The van der Waals surface area contributed by atoms with Crippen LogP contribution in [0.25, 0.3) is 0 Å². The van der Waals surface area contributed by atoms with E-state index in [4.69, 9.17) is 0 Å². The molecular formula is C17H23N3OS. The maximum Gasteiger partial charge on any atom is 0.233 e. The third-order valence-corrected chi connectivity index (χ3v) is 4.52. The largest absolute Gasteiger partial charge is 0.300 e. The van der Waals surface area contributed by atoms with Crippen molar-refractivity contribution in [3.8, 4) is 0 Å². The molecule has 0 fully saturated rings. The number of unbranched alkanes of at least 4 members (excludes halogenated alkanes) is 2. The summed E-state index contributed by atoms with van der Waals surface area (Å²) in [5.74, 6) is -0.154. The summed E-state index contributed by atoms with van der Waals surface area (Å²) >= 11 is 1.48. The standard InChI is InChI=1S/C17H23N3OS/c1-3-5-7-12-15-19-20-17(22-15)18-16(21)14(4-2)13-10-8-6-9-11-13/h6,8-11,14H,3-5,7,12H2,1-2H3,(H,18,20,21)/t14-/m0/s1. The summed E-state index contributed by atoms with van der Waals surface area (Å²) in [6.07, 6.45) is 5.22. The highest BCUT2D eigenvalue weighted by molar-refractivity contribution is 7.15. The molecule has 22 heavy (non-hydrogen) atoms. The van der Waals surface area contributed by atoms with Crippen LogP contribution in [0.15, 0.2) is 30.3 Å². The molecule has 1 aromatic carbocycles. The molecule has 2 rings (SSSR count). The molecule has 0 aliphatic heterocycles. The summed E-state index contributed by atoms with van der Waals surface area (Å²) in [4.78, 5) is 12.4. The number of aromatic nitrogens is 2. The minimum absolute atomic E-state index is 0.00930. The van der Waals surface area contributed by atoms with Gasteiger partial charge in [-0.15, -0.1) is 10.2 Å². The maximum absolute atomic E-state index is 12.4. The topological polar surface area (TPSA) is 54.9 Å². The molecule has 1 N–H and O–H groups in total. The fraction of sp³-hybridized carbons (Fsp3) is 0.471. The molecule has 0 aliphatic carbocycles. The third kappa shape index (κ3) is 4.63. The first-order valence-corrected chi connectivity index (χ1v) is 8.74. The fourth-order valence-corrected chi connectivity index (χ4v) is 3.17. The van der Waals surface area contributed by atoms with Gasteiger partial charge in [0.25, 0.3) is 0 Å². The van der Waals surface area contributed by atoms with E-state index in [9.17, 15) is 4.79 Å². The quantitative estimate of drug-likeness (QED) is 0.734. The van der Waals surface area contributed by atoms with E-state index in [1.54, 1.807) is 0 Å². The van der Waals surface area contributed by atoms with Gasteiger partial charge in [-0.2, -0.15) is 0 Å². The van der Waals surface area contributed by atoms with Crippen LogP contribution >= 0.6 is 11.3 Å². The smallest absolute Gasteiger partial charge is 0.233 e. The van der Waals surface area contributed by atoms with E-state index >= 15 is 0 Å². The van der Waals surface area contributed by atoms with Crippen molar-refractivity contribution < 1.29 is 4.79 Å². The lowest BCUT2D eigenvalue weighted by Gasteiger charge is -2.13. The Hall–Kier alpha value is -1.75. The predicted molar refractivity (Wildman–Crippen MR) is 91.2 cm³/mol. The maximum atomic E-state index is 12.4. The highest BCUT2D eigenvalue weighted by Crippen LogP contribution is 2.23. The number of carbonyl (C=O) groups excluding carboxylic acids is 1. The van der Waals surface area contributed by atoms with Gasteiger partial charge < -0.3 is 0 Å². The molecule has 2 aromatic rings. The van der Waals surface area contributed by atoms with E-state index in [0.717, 1.165) is 29.8 Å². The van der Waals surface area contributed by atoms with Crippen LogP contribution in [0.3, 0.4) is 0 Å². The number of hydrogen-bond acceptors (Lipinski definition) is 4. The van der Waals surface area contributed by atoms with Crippen molar-refractivity contribution in [1.82, 2.24) is 10.2 Å². The summed E-state index contributed by atoms with van der Waals surface area (Å²) in [6.45, 7) is 4.20. The fourth-order valence-electron chi connectivity index (χ4n) is 2.38. The lowest BCUT2D eigenvalue weighted by atomic mass is 9.96. The number of aryl methyl sites for hydroxylation is 1. The zero-order valence-electron chi connectivity index (χ0n) is 13.2. The lowest BCUT2D eigenvalue weighted by molar-refractivity contribution is -0.117. The van der Waals surface area contributed by atoms with Crippen molar-refractivity contribution in [2.45, 2.75) is 51.9 Å². The number of nitrogens with zero attached hydrogens (tertiary/aromatic N) is 2. The number of carbonyl (C=O) groups is 1. The van der Waals surface area contributed by atoms with Crippen LogP contribution in [-0.2, 0) is 11.2 Å². The summed E-state index contributed by atoms with van der Waals surface area (Å²) < 4.78 is 0. The van der Waals surface area contributed by atoms with Crippen molar-refractivity contribution in [2.75, 3.05) is 5.32 Å². The van der Waals surface area contributed by atoms with Gasteiger partial charge in [0.05, 0.1) is 5.92 Å². The number of hydrogen-bond donors (Lipinski definition) is 1. The van der Waals surface area contributed by atoms with Crippen molar-refractivity contribution in [3.63, 3.8) is 0 Å². The van der Waals surface area contributed by atoms with Crippen molar-refractivity contribution in [2.24, 2.45) is 0 Å². The molecule has 1 heterocycles. The van der Waals surface area contributed by atoms with Crippen LogP contribution in [0.2, 0.25) is 0 Å². The molecule has 0 aliphatic rings. The molecular weight excluding hydrogens is 294 g/mol. The van der Waals surface area contributed by atoms with Crippen molar-refractivity contribution in [3.05, 3.63) is 40.9 Å². The SMILES string of the molecule is CCCCCc1nnc(NC(=O)[C@@H](CC)c2ccccc2)s1. The Morgan fingerprint density at radius 2 is 1.95 bits per heavy atom. The van der Waals surface area contributed by atoms with Gasteiger partial charge >= 0.3 is 0 Å². The van der Waals surface area contributed by atoms with E-state index in [1.165, 1.54) is 24.2 Å². The molecule has 1 atom stereocenters. The Kier molecular flexibility index (Phi) is 6.52. The van der Waals surface area contributed by atoms with E-state index in [-0.39, 0.29) is 11.8 Å². The predicted octanol–water partition coefficient (Wildman–Crippen LogP) is 4.40. The first-order chi connectivity index (χ1) is 10.7. The van der Waals surface area contributed by atoms with Crippen LogP contribution < -0.4 is 5.32 Å². The van der Waals surface area contributed by atoms with Crippen LogP contribution in [-0.4, -0.2) is 16.1 Å². The molecule has 0 spiro atoms. The Morgan fingerprint density at radius 3 is 2.64 bits per heavy atom.